The number of rotatable bonds is 6. The molecule has 2 heterocycles. The van der Waals surface area contributed by atoms with E-state index in [4.69, 9.17) is 4.74 Å². The first-order valence-corrected chi connectivity index (χ1v) is 10.8. The van der Waals surface area contributed by atoms with Crippen molar-refractivity contribution in [3.05, 3.63) is 69.6 Å². The third-order valence-corrected chi connectivity index (χ3v) is 5.65. The molecule has 8 heteroatoms. The first-order valence-electron chi connectivity index (χ1n) is 10.8. The number of carbonyl (C=O) groups excluding carboxylic acids is 3. The maximum Gasteiger partial charge on any atom is 0.328 e. The van der Waals surface area contributed by atoms with Gasteiger partial charge in [-0.05, 0) is 38.7 Å². The second-order valence-electron chi connectivity index (χ2n) is 8.16. The van der Waals surface area contributed by atoms with Crippen LogP contribution in [-0.4, -0.2) is 46.9 Å². The van der Waals surface area contributed by atoms with Crippen LogP contribution in [-0.2, 0) is 16.1 Å². The Morgan fingerprint density at radius 1 is 1.09 bits per heavy atom. The zero-order chi connectivity index (χ0) is 23.3. The van der Waals surface area contributed by atoms with E-state index in [1.54, 1.807) is 4.57 Å². The Hall–Kier alpha value is -3.42. The van der Waals surface area contributed by atoms with Gasteiger partial charge in [0.25, 0.3) is 11.8 Å². The van der Waals surface area contributed by atoms with E-state index in [9.17, 15) is 19.2 Å². The summed E-state index contributed by atoms with van der Waals surface area (Å²) in [5, 5.41) is 2.75. The van der Waals surface area contributed by atoms with Gasteiger partial charge in [0.1, 0.15) is 17.2 Å². The minimum Gasteiger partial charge on any atom is -0.467 e. The smallest absolute Gasteiger partial charge is 0.328 e. The topological polar surface area (TPSA) is 97.7 Å². The van der Waals surface area contributed by atoms with Crippen LogP contribution in [0.5, 0.6) is 0 Å². The molecular formula is C24H29N3O5. The zero-order valence-corrected chi connectivity index (χ0v) is 18.7. The van der Waals surface area contributed by atoms with Crippen LogP contribution in [0.3, 0.4) is 0 Å². The van der Waals surface area contributed by atoms with Crippen LogP contribution >= 0.6 is 0 Å². The molecule has 1 N–H and O–H groups in total. The molecular weight excluding hydrogens is 410 g/mol. The summed E-state index contributed by atoms with van der Waals surface area (Å²) < 4.78 is 6.52. The van der Waals surface area contributed by atoms with E-state index in [1.165, 1.54) is 24.4 Å². The van der Waals surface area contributed by atoms with Crippen molar-refractivity contribution in [2.24, 2.45) is 0 Å². The van der Waals surface area contributed by atoms with Crippen LogP contribution in [0.1, 0.15) is 65.4 Å². The summed E-state index contributed by atoms with van der Waals surface area (Å²) in [5.41, 5.74) is 0.0205. The molecule has 1 aromatic heterocycles. The maximum absolute atomic E-state index is 13.4. The number of nitrogens with zero attached hydrogens (tertiary/aromatic N) is 2. The molecule has 1 aromatic carbocycles. The van der Waals surface area contributed by atoms with Crippen LogP contribution in [0, 0.1) is 0 Å². The number of hydrogen-bond acceptors (Lipinski definition) is 5. The first-order chi connectivity index (χ1) is 15.3. The number of carbonyl (C=O) groups is 3. The fraction of sp³-hybridized carbons (Fsp3) is 0.417. The number of methoxy groups -OCH3 is 1. The van der Waals surface area contributed by atoms with Crippen molar-refractivity contribution in [3.63, 3.8) is 0 Å². The number of likely N-dealkylation sites (tertiary alicyclic amines) is 1. The number of esters is 1. The summed E-state index contributed by atoms with van der Waals surface area (Å²) in [6.45, 7) is 4.39. The molecule has 1 fully saturated rings. The molecule has 1 unspecified atom stereocenters. The van der Waals surface area contributed by atoms with Crippen molar-refractivity contribution in [2.75, 3.05) is 13.7 Å². The third kappa shape index (κ3) is 5.07. The summed E-state index contributed by atoms with van der Waals surface area (Å²) in [5.74, 6) is -1.61. The fourth-order valence-corrected chi connectivity index (χ4v) is 3.79. The Morgan fingerprint density at radius 3 is 2.44 bits per heavy atom. The lowest BCUT2D eigenvalue weighted by atomic mass is 10.0. The SMILES string of the molecule is COC(=O)C1CCCCN1C(=O)c1cn(C(C)C)cc(C(=O)NCc2ccccc2)c1=O. The average Bonchev–Trinajstić information content (AvgIpc) is 2.82. The van der Waals surface area contributed by atoms with Gasteiger partial charge >= 0.3 is 5.97 Å². The van der Waals surface area contributed by atoms with E-state index < -0.39 is 29.3 Å². The Labute approximate surface area is 187 Å². The minimum absolute atomic E-state index is 0.0828. The van der Waals surface area contributed by atoms with Gasteiger partial charge in [0.15, 0.2) is 0 Å². The highest BCUT2D eigenvalue weighted by atomic mass is 16.5. The van der Waals surface area contributed by atoms with Gasteiger partial charge in [-0.3, -0.25) is 14.4 Å². The monoisotopic (exact) mass is 439 g/mol. The number of ether oxygens (including phenoxy) is 1. The van der Waals surface area contributed by atoms with E-state index in [0.29, 0.717) is 13.0 Å². The lowest BCUT2D eigenvalue weighted by molar-refractivity contribution is -0.147. The molecule has 2 aromatic rings. The van der Waals surface area contributed by atoms with Gasteiger partial charge in [-0.1, -0.05) is 30.3 Å². The minimum atomic E-state index is -0.733. The van der Waals surface area contributed by atoms with Crippen molar-refractivity contribution in [1.29, 1.82) is 0 Å². The van der Waals surface area contributed by atoms with Gasteiger partial charge in [0, 0.05) is 31.5 Å². The van der Waals surface area contributed by atoms with E-state index in [1.807, 2.05) is 44.2 Å². The summed E-state index contributed by atoms with van der Waals surface area (Å²) in [4.78, 5) is 53.0. The summed E-state index contributed by atoms with van der Waals surface area (Å²) in [7, 11) is 1.28. The Morgan fingerprint density at radius 2 is 1.78 bits per heavy atom. The predicted octanol–water partition coefficient (Wildman–Crippen LogP) is 2.53. The number of hydrogen-bond donors (Lipinski definition) is 1. The van der Waals surface area contributed by atoms with E-state index in [0.717, 1.165) is 18.4 Å². The van der Waals surface area contributed by atoms with E-state index >= 15 is 0 Å². The van der Waals surface area contributed by atoms with Gasteiger partial charge in [-0.2, -0.15) is 0 Å². The number of amides is 2. The molecule has 1 aliphatic heterocycles. The highest BCUT2D eigenvalue weighted by Gasteiger charge is 2.35. The highest BCUT2D eigenvalue weighted by Crippen LogP contribution is 2.20. The standard InChI is InChI=1S/C24H29N3O5/c1-16(2)26-14-18(22(29)25-13-17-9-5-4-6-10-17)21(28)19(15-26)23(30)27-12-8-7-11-20(27)24(31)32-3/h4-6,9-10,14-16,20H,7-8,11-13H2,1-3H3,(H,25,29). The van der Waals surface area contributed by atoms with Gasteiger partial charge in [-0.15, -0.1) is 0 Å². The third-order valence-electron chi connectivity index (χ3n) is 5.65. The second kappa shape index (κ2) is 10.3. The van der Waals surface area contributed by atoms with Gasteiger partial charge in [-0.25, -0.2) is 4.79 Å². The van der Waals surface area contributed by atoms with Gasteiger partial charge in [0.05, 0.1) is 7.11 Å². The van der Waals surface area contributed by atoms with Crippen molar-refractivity contribution < 1.29 is 19.1 Å². The van der Waals surface area contributed by atoms with Crippen molar-refractivity contribution in [1.82, 2.24) is 14.8 Å². The predicted molar refractivity (Wildman–Crippen MR) is 119 cm³/mol. The molecule has 32 heavy (non-hydrogen) atoms. The summed E-state index contributed by atoms with van der Waals surface area (Å²) in [6, 6.07) is 8.53. The number of benzene rings is 1. The molecule has 170 valence electrons. The molecule has 0 saturated carbocycles. The van der Waals surface area contributed by atoms with Crippen LogP contribution in [0.15, 0.2) is 47.5 Å². The molecule has 1 saturated heterocycles. The molecule has 2 amide bonds. The van der Waals surface area contributed by atoms with Crippen LogP contribution in [0.2, 0.25) is 0 Å². The van der Waals surface area contributed by atoms with Gasteiger partial charge < -0.3 is 19.5 Å². The van der Waals surface area contributed by atoms with Crippen LogP contribution in [0.4, 0.5) is 0 Å². The average molecular weight is 440 g/mol. The molecule has 3 rings (SSSR count). The molecule has 1 atom stereocenters. The molecule has 0 bridgehead atoms. The Kier molecular flexibility index (Phi) is 7.45. The van der Waals surface area contributed by atoms with Crippen LogP contribution < -0.4 is 10.7 Å². The van der Waals surface area contributed by atoms with Gasteiger partial charge in [0.2, 0.25) is 5.43 Å². The maximum atomic E-state index is 13.4. The molecule has 0 spiro atoms. The molecule has 1 aliphatic rings. The van der Waals surface area contributed by atoms with Crippen molar-refractivity contribution >= 4 is 17.8 Å². The quantitative estimate of drug-likeness (QED) is 0.698. The molecule has 8 nitrogen and oxygen atoms in total. The Balaban J connectivity index is 1.94. The van der Waals surface area contributed by atoms with E-state index in [2.05, 4.69) is 5.32 Å². The number of pyridine rings is 1. The lowest BCUT2D eigenvalue weighted by Gasteiger charge is -2.33. The van der Waals surface area contributed by atoms with E-state index in [-0.39, 0.29) is 23.7 Å². The first kappa shape index (κ1) is 23.2. The largest absolute Gasteiger partial charge is 0.467 e. The number of piperidine rings is 1. The highest BCUT2D eigenvalue weighted by molar-refractivity contribution is 6.00. The lowest BCUT2D eigenvalue weighted by Crippen LogP contribution is -2.50. The molecule has 0 radical (unpaired) electrons. The zero-order valence-electron chi connectivity index (χ0n) is 18.7. The summed E-state index contributed by atoms with van der Waals surface area (Å²) in [6.07, 6.45) is 4.94. The van der Waals surface area contributed by atoms with Crippen molar-refractivity contribution in [3.8, 4) is 0 Å². The fourth-order valence-electron chi connectivity index (χ4n) is 3.79. The van der Waals surface area contributed by atoms with Crippen LogP contribution in [0.25, 0.3) is 0 Å². The number of nitrogens with one attached hydrogen (secondary N) is 1. The number of aromatic nitrogens is 1. The second-order valence-corrected chi connectivity index (χ2v) is 8.16. The normalized spacial score (nSPS) is 16.0. The Bertz CT molecular complexity index is 1050. The van der Waals surface area contributed by atoms with Crippen molar-refractivity contribution in [2.45, 2.75) is 51.7 Å². The molecule has 0 aliphatic carbocycles. The summed E-state index contributed by atoms with van der Waals surface area (Å²) >= 11 is 0.